The smallest absolute Gasteiger partial charge is 0.432 e. The molecule has 0 unspecified atom stereocenters. The third-order valence-electron chi connectivity index (χ3n) is 7.23. The number of carbonyl (C=O) groups is 1. The number of nitrogens with zero attached hydrogens (tertiary/aromatic N) is 4. The third kappa shape index (κ3) is 4.44. The summed E-state index contributed by atoms with van der Waals surface area (Å²) in [4.78, 5) is 23.2. The van der Waals surface area contributed by atoms with Gasteiger partial charge >= 0.3 is 6.18 Å². The number of nitrogens with two attached hydrogens (primary N) is 1. The quantitative estimate of drug-likeness (QED) is 0.438. The van der Waals surface area contributed by atoms with Gasteiger partial charge in [-0.15, -0.1) is 0 Å². The summed E-state index contributed by atoms with van der Waals surface area (Å²) in [5.74, 6) is 0.131. The highest BCUT2D eigenvalue weighted by molar-refractivity contribution is 6.05. The summed E-state index contributed by atoms with van der Waals surface area (Å²) in [5.41, 5.74) is 8.49. The monoisotopic (exact) mass is 550 g/mol. The van der Waals surface area contributed by atoms with E-state index in [0.29, 0.717) is 17.1 Å². The van der Waals surface area contributed by atoms with Gasteiger partial charge in [-0.3, -0.25) is 4.79 Å². The van der Waals surface area contributed by atoms with Gasteiger partial charge in [0.05, 0.1) is 11.9 Å². The molecule has 3 N–H and O–H groups in total. The number of amides is 1. The number of aryl methyl sites for hydroxylation is 1. The predicted molar refractivity (Wildman–Crippen MR) is 142 cm³/mol. The molecule has 206 valence electrons. The van der Waals surface area contributed by atoms with Gasteiger partial charge in [0.1, 0.15) is 36.0 Å². The number of benzene rings is 1. The predicted octanol–water partition coefficient (Wildman–Crippen LogP) is 5.56. The number of halogens is 3. The van der Waals surface area contributed by atoms with Gasteiger partial charge in [-0.1, -0.05) is 12.1 Å². The van der Waals surface area contributed by atoms with Crippen LogP contribution in [0.15, 0.2) is 78.2 Å². The summed E-state index contributed by atoms with van der Waals surface area (Å²) in [6.07, 6.45) is 6.55. The molecule has 40 heavy (non-hydrogen) atoms. The van der Waals surface area contributed by atoms with Crippen molar-refractivity contribution < 1.29 is 27.4 Å². The third-order valence-corrected chi connectivity index (χ3v) is 7.23. The van der Waals surface area contributed by atoms with Crippen LogP contribution in [0.25, 0.3) is 22.2 Å². The highest BCUT2D eigenvalue weighted by atomic mass is 19.4. The van der Waals surface area contributed by atoms with E-state index in [1.165, 1.54) is 38.0 Å². The molecule has 9 nitrogen and oxygen atoms in total. The first-order valence-electron chi connectivity index (χ1n) is 12.7. The number of alkyl halides is 3. The molecule has 0 fully saturated rings. The second kappa shape index (κ2) is 9.78. The summed E-state index contributed by atoms with van der Waals surface area (Å²) in [5, 5.41) is 2.99. The molecule has 2 aromatic heterocycles. The topological polar surface area (TPSA) is 108 Å². The number of nitrogens with one attached hydrogen (secondary N) is 1. The summed E-state index contributed by atoms with van der Waals surface area (Å²) < 4.78 is 54.2. The molecule has 1 aliphatic carbocycles. The van der Waals surface area contributed by atoms with E-state index in [-0.39, 0.29) is 40.4 Å². The van der Waals surface area contributed by atoms with Crippen LogP contribution in [0.4, 0.5) is 24.7 Å². The minimum Gasteiger partial charge on any atom is -0.464 e. The number of aromatic nitrogens is 3. The molecule has 3 aromatic rings. The van der Waals surface area contributed by atoms with Gasteiger partial charge < -0.3 is 30.0 Å². The van der Waals surface area contributed by atoms with E-state index in [0.717, 1.165) is 47.8 Å². The fourth-order valence-corrected chi connectivity index (χ4v) is 5.45. The number of allylic oxidation sites excluding steroid dienone is 3. The number of rotatable bonds is 4. The van der Waals surface area contributed by atoms with Crippen molar-refractivity contribution in [1.82, 2.24) is 19.4 Å². The van der Waals surface area contributed by atoms with Crippen LogP contribution in [0.2, 0.25) is 0 Å². The Morgan fingerprint density at radius 3 is 2.60 bits per heavy atom. The number of fused-ring (bicyclic) bond motifs is 1. The van der Waals surface area contributed by atoms with Crippen LogP contribution in [0, 0.1) is 0 Å². The van der Waals surface area contributed by atoms with Gasteiger partial charge in [0.25, 0.3) is 5.91 Å². The zero-order valence-corrected chi connectivity index (χ0v) is 21.5. The van der Waals surface area contributed by atoms with E-state index < -0.39 is 11.9 Å². The molecule has 2 aliphatic heterocycles. The largest absolute Gasteiger partial charge is 0.464 e. The van der Waals surface area contributed by atoms with Crippen LogP contribution in [-0.2, 0) is 27.5 Å². The molecule has 3 aliphatic rings. The Morgan fingerprint density at radius 2 is 1.88 bits per heavy atom. The molecule has 0 saturated carbocycles. The van der Waals surface area contributed by atoms with Gasteiger partial charge in [0, 0.05) is 29.6 Å². The fourth-order valence-electron chi connectivity index (χ4n) is 5.45. The van der Waals surface area contributed by atoms with Gasteiger partial charge in [-0.25, -0.2) is 9.97 Å². The second-order valence-corrected chi connectivity index (χ2v) is 9.69. The SMILES string of the molecule is Cn1c(C(F)(F)F)c(-c2ccc(NC(=O)C3=CC4=C(CCCC4)N(C4=COC=CO4)C3)cc2)c2c(N)ncnc21. The molecule has 4 heterocycles. The Bertz CT molecular complexity index is 1630. The standard InChI is InChI=1S/C28H25F3N6O3/c1-36-24(28(29,30)31)22(23-25(32)33-15-34-26(23)36)16-6-8-19(9-7-16)35-27(38)18-12-17-4-2-3-5-20(17)37(13-18)21-14-39-10-11-40-21/h6-12,14-15H,2-5,13H2,1H3,(H,35,38)(H2,32,33,34). The van der Waals surface area contributed by atoms with Crippen LogP contribution < -0.4 is 11.1 Å². The highest BCUT2D eigenvalue weighted by Gasteiger charge is 2.40. The van der Waals surface area contributed by atoms with Crippen molar-refractivity contribution in [3.05, 3.63) is 83.9 Å². The lowest BCUT2D eigenvalue weighted by Crippen LogP contribution is -2.34. The Balaban J connectivity index is 1.29. The number of anilines is 2. The zero-order valence-electron chi connectivity index (χ0n) is 21.5. The van der Waals surface area contributed by atoms with Crippen LogP contribution in [0.3, 0.4) is 0 Å². The van der Waals surface area contributed by atoms with Crippen molar-refractivity contribution in [2.75, 3.05) is 17.6 Å². The van der Waals surface area contributed by atoms with Gasteiger partial charge in [-0.05, 0) is 55.0 Å². The number of carbonyl (C=O) groups excluding carboxylic acids is 1. The lowest BCUT2D eigenvalue weighted by molar-refractivity contribution is -0.142. The Kier molecular flexibility index (Phi) is 6.24. The van der Waals surface area contributed by atoms with Gasteiger partial charge in [-0.2, -0.15) is 13.2 Å². The number of ether oxygens (including phenoxy) is 2. The molecular weight excluding hydrogens is 525 g/mol. The molecule has 12 heteroatoms. The summed E-state index contributed by atoms with van der Waals surface area (Å²) in [7, 11) is 1.29. The molecule has 1 amide bonds. The second-order valence-electron chi connectivity index (χ2n) is 9.69. The minimum absolute atomic E-state index is 0.0494. The average Bonchev–Trinajstić information content (AvgIpc) is 3.27. The highest BCUT2D eigenvalue weighted by Crippen LogP contribution is 2.44. The van der Waals surface area contributed by atoms with Crippen molar-refractivity contribution in [2.24, 2.45) is 7.05 Å². The first-order valence-corrected chi connectivity index (χ1v) is 12.7. The van der Waals surface area contributed by atoms with E-state index in [1.807, 2.05) is 11.0 Å². The maximum Gasteiger partial charge on any atom is 0.432 e. The maximum atomic E-state index is 14.1. The Morgan fingerprint density at radius 1 is 1.10 bits per heavy atom. The summed E-state index contributed by atoms with van der Waals surface area (Å²) in [6, 6.07) is 6.15. The van der Waals surface area contributed by atoms with Crippen LogP contribution >= 0.6 is 0 Å². The van der Waals surface area contributed by atoms with Crippen LogP contribution in [0.5, 0.6) is 0 Å². The molecule has 6 rings (SSSR count). The summed E-state index contributed by atoms with van der Waals surface area (Å²) in [6.45, 7) is 0.288. The Hall–Kier alpha value is -4.74. The van der Waals surface area contributed by atoms with E-state index >= 15 is 0 Å². The van der Waals surface area contributed by atoms with E-state index in [2.05, 4.69) is 15.3 Å². The molecule has 0 saturated heterocycles. The van der Waals surface area contributed by atoms with Gasteiger partial charge in [0.2, 0.25) is 5.88 Å². The van der Waals surface area contributed by atoms with Gasteiger partial charge in [0.15, 0.2) is 6.26 Å². The lowest BCUT2D eigenvalue weighted by Gasteiger charge is -2.36. The first-order chi connectivity index (χ1) is 19.2. The normalized spacial score (nSPS) is 17.1. The van der Waals surface area contributed by atoms with Crippen molar-refractivity contribution >= 4 is 28.4 Å². The molecule has 0 bridgehead atoms. The Labute approximate surface area is 227 Å². The first kappa shape index (κ1) is 25.5. The minimum atomic E-state index is -4.66. The summed E-state index contributed by atoms with van der Waals surface area (Å²) >= 11 is 0. The number of hydrogen-bond acceptors (Lipinski definition) is 7. The van der Waals surface area contributed by atoms with Crippen molar-refractivity contribution in [3.8, 4) is 11.1 Å². The van der Waals surface area contributed by atoms with E-state index in [4.69, 9.17) is 15.2 Å². The maximum absolute atomic E-state index is 14.1. The fraction of sp³-hybridized carbons (Fsp3) is 0.250. The van der Waals surface area contributed by atoms with Crippen molar-refractivity contribution in [1.29, 1.82) is 0 Å². The van der Waals surface area contributed by atoms with E-state index in [9.17, 15) is 18.0 Å². The lowest BCUT2D eigenvalue weighted by atomic mass is 9.90. The van der Waals surface area contributed by atoms with Crippen molar-refractivity contribution in [3.63, 3.8) is 0 Å². The van der Waals surface area contributed by atoms with Crippen molar-refractivity contribution in [2.45, 2.75) is 31.9 Å². The number of hydrogen-bond donors (Lipinski definition) is 2. The zero-order chi connectivity index (χ0) is 28.0. The van der Waals surface area contributed by atoms with Crippen LogP contribution in [0.1, 0.15) is 31.4 Å². The number of nitrogen functional groups attached to an aromatic ring is 1. The van der Waals surface area contributed by atoms with Crippen LogP contribution in [-0.4, -0.2) is 31.9 Å². The van der Waals surface area contributed by atoms with E-state index in [1.54, 1.807) is 12.1 Å². The molecule has 0 atom stereocenters. The molecule has 1 aromatic carbocycles. The molecular formula is C28H25F3N6O3. The molecule has 0 spiro atoms. The average molecular weight is 551 g/mol. The molecule has 0 radical (unpaired) electrons.